The Bertz CT molecular complexity index is 1090. The fraction of sp³-hybridized carbons (Fsp3) is 0.333. The van der Waals surface area contributed by atoms with Crippen LogP contribution in [0.4, 0.5) is 4.79 Å². The van der Waals surface area contributed by atoms with Crippen LogP contribution in [0, 0.1) is 0 Å². The molecule has 7 nitrogen and oxygen atoms in total. The van der Waals surface area contributed by atoms with E-state index in [-0.39, 0.29) is 31.5 Å². The van der Waals surface area contributed by atoms with Crippen molar-refractivity contribution in [3.8, 4) is 5.75 Å². The SMILES string of the molecule is C=CC(=O)OC(C)COC(C)COC(C)CNC(=O)Oc1c2ccccc2cc2ccccc12. The molecule has 0 aliphatic carbocycles. The summed E-state index contributed by atoms with van der Waals surface area (Å²) in [6.07, 6.45) is -0.267. The molecule has 0 aliphatic rings. The van der Waals surface area contributed by atoms with Gasteiger partial charge in [-0.05, 0) is 37.6 Å². The lowest BCUT2D eigenvalue weighted by Gasteiger charge is -2.20. The Kier molecular flexibility index (Phi) is 9.01. The summed E-state index contributed by atoms with van der Waals surface area (Å²) in [5.74, 6) is 0.0520. The van der Waals surface area contributed by atoms with E-state index in [0.29, 0.717) is 12.4 Å². The van der Waals surface area contributed by atoms with Crippen molar-refractivity contribution in [2.45, 2.75) is 39.1 Å². The van der Waals surface area contributed by atoms with Crippen molar-refractivity contribution in [3.05, 3.63) is 67.3 Å². The van der Waals surface area contributed by atoms with Gasteiger partial charge in [-0.15, -0.1) is 0 Å². The van der Waals surface area contributed by atoms with Gasteiger partial charge in [0.15, 0.2) is 0 Å². The summed E-state index contributed by atoms with van der Waals surface area (Å²) >= 11 is 0. The van der Waals surface area contributed by atoms with Crippen LogP contribution in [0.5, 0.6) is 5.75 Å². The Morgan fingerprint density at radius 2 is 1.44 bits per heavy atom. The molecule has 3 rings (SSSR count). The number of nitrogens with one attached hydrogen (secondary N) is 1. The molecular weight excluding hydrogens is 434 g/mol. The fourth-order valence-electron chi connectivity index (χ4n) is 3.42. The quantitative estimate of drug-likeness (QED) is 0.244. The lowest BCUT2D eigenvalue weighted by atomic mass is 10.0. The second-order valence-corrected chi connectivity index (χ2v) is 8.16. The standard InChI is InChI=1S/C27H31NO6/c1-5-25(29)33-20(4)17-32-19(3)16-31-18(2)15-28-27(30)34-26-23-12-8-6-10-21(23)14-22-11-7-9-13-24(22)26/h5-14,18-20H,1,15-17H2,2-4H3,(H,28,30). The smallest absolute Gasteiger partial charge is 0.412 e. The van der Waals surface area contributed by atoms with Crippen molar-refractivity contribution >= 4 is 33.6 Å². The zero-order valence-corrected chi connectivity index (χ0v) is 19.8. The molecule has 0 spiro atoms. The summed E-state index contributed by atoms with van der Waals surface area (Å²) in [5, 5.41) is 6.52. The molecule has 7 heteroatoms. The van der Waals surface area contributed by atoms with Gasteiger partial charge in [-0.3, -0.25) is 0 Å². The van der Waals surface area contributed by atoms with Crippen molar-refractivity contribution in [2.24, 2.45) is 0 Å². The van der Waals surface area contributed by atoms with E-state index in [9.17, 15) is 9.59 Å². The predicted octanol–water partition coefficient (Wildman–Crippen LogP) is 5.01. The van der Waals surface area contributed by atoms with Gasteiger partial charge in [-0.2, -0.15) is 0 Å². The monoisotopic (exact) mass is 465 g/mol. The third-order valence-corrected chi connectivity index (χ3v) is 5.17. The molecule has 1 N–H and O–H groups in total. The lowest BCUT2D eigenvalue weighted by Crippen LogP contribution is -2.35. The number of benzene rings is 3. The van der Waals surface area contributed by atoms with Gasteiger partial charge in [-0.1, -0.05) is 55.1 Å². The van der Waals surface area contributed by atoms with E-state index in [2.05, 4.69) is 18.0 Å². The molecule has 0 heterocycles. The molecule has 0 radical (unpaired) electrons. The molecule has 0 fully saturated rings. The van der Waals surface area contributed by atoms with E-state index in [4.69, 9.17) is 18.9 Å². The third-order valence-electron chi connectivity index (χ3n) is 5.17. The number of esters is 1. The number of hydrogen-bond donors (Lipinski definition) is 1. The number of fused-ring (bicyclic) bond motifs is 2. The van der Waals surface area contributed by atoms with Crippen LogP contribution in [-0.4, -0.2) is 50.1 Å². The summed E-state index contributed by atoms with van der Waals surface area (Å²) in [5.41, 5.74) is 0. The van der Waals surface area contributed by atoms with Crippen molar-refractivity contribution < 1.29 is 28.5 Å². The summed E-state index contributed by atoms with van der Waals surface area (Å²) in [7, 11) is 0. The van der Waals surface area contributed by atoms with Gasteiger partial charge in [-0.25, -0.2) is 9.59 Å². The van der Waals surface area contributed by atoms with Crippen LogP contribution in [0.1, 0.15) is 20.8 Å². The Labute approximate surface area is 199 Å². The first-order valence-corrected chi connectivity index (χ1v) is 11.3. The van der Waals surface area contributed by atoms with Crippen molar-refractivity contribution in [1.29, 1.82) is 0 Å². The van der Waals surface area contributed by atoms with Crippen molar-refractivity contribution in [2.75, 3.05) is 19.8 Å². The zero-order valence-electron chi connectivity index (χ0n) is 19.8. The normalized spacial score (nSPS) is 13.7. The van der Waals surface area contributed by atoms with Gasteiger partial charge in [0.25, 0.3) is 0 Å². The number of rotatable bonds is 11. The van der Waals surface area contributed by atoms with Gasteiger partial charge in [0.2, 0.25) is 0 Å². The maximum Gasteiger partial charge on any atom is 0.412 e. The first-order chi connectivity index (χ1) is 16.4. The molecule has 0 saturated carbocycles. The van der Waals surface area contributed by atoms with E-state index < -0.39 is 12.1 Å². The van der Waals surface area contributed by atoms with Crippen molar-refractivity contribution in [1.82, 2.24) is 5.32 Å². The molecular formula is C27H31NO6. The van der Waals surface area contributed by atoms with Crippen LogP contribution in [0.2, 0.25) is 0 Å². The molecule has 180 valence electrons. The van der Waals surface area contributed by atoms with Crippen LogP contribution in [0.15, 0.2) is 67.3 Å². The average Bonchev–Trinajstić information content (AvgIpc) is 2.84. The van der Waals surface area contributed by atoms with Gasteiger partial charge in [0.05, 0.1) is 25.4 Å². The summed E-state index contributed by atoms with van der Waals surface area (Å²) in [6, 6.07) is 17.7. The van der Waals surface area contributed by atoms with Crippen LogP contribution >= 0.6 is 0 Å². The first kappa shape index (κ1) is 25.2. The third kappa shape index (κ3) is 7.04. The van der Waals surface area contributed by atoms with Gasteiger partial charge in [0.1, 0.15) is 11.9 Å². The van der Waals surface area contributed by atoms with Crippen LogP contribution in [0.3, 0.4) is 0 Å². The Morgan fingerprint density at radius 3 is 2.06 bits per heavy atom. The van der Waals surface area contributed by atoms with Crippen LogP contribution < -0.4 is 10.1 Å². The molecule has 0 aliphatic heterocycles. The summed E-state index contributed by atoms with van der Waals surface area (Å²) in [4.78, 5) is 23.8. The zero-order chi connectivity index (χ0) is 24.5. The van der Waals surface area contributed by atoms with E-state index in [1.807, 2.05) is 62.4 Å². The summed E-state index contributed by atoms with van der Waals surface area (Å²) in [6.45, 7) is 9.68. The molecule has 3 atom stereocenters. The van der Waals surface area contributed by atoms with E-state index in [1.54, 1.807) is 6.92 Å². The highest BCUT2D eigenvalue weighted by Crippen LogP contribution is 2.34. The number of carbonyl (C=O) groups excluding carboxylic acids is 2. The highest BCUT2D eigenvalue weighted by molar-refractivity contribution is 6.06. The Balaban J connectivity index is 1.48. The van der Waals surface area contributed by atoms with Gasteiger partial charge < -0.3 is 24.3 Å². The molecule has 3 unspecified atom stereocenters. The number of amides is 1. The fourth-order valence-corrected chi connectivity index (χ4v) is 3.42. The van der Waals surface area contributed by atoms with Crippen LogP contribution in [-0.2, 0) is 19.0 Å². The molecule has 0 aromatic heterocycles. The van der Waals surface area contributed by atoms with E-state index in [0.717, 1.165) is 27.6 Å². The second-order valence-electron chi connectivity index (χ2n) is 8.16. The highest BCUT2D eigenvalue weighted by atomic mass is 16.6. The maximum atomic E-state index is 12.6. The van der Waals surface area contributed by atoms with E-state index >= 15 is 0 Å². The molecule has 3 aromatic carbocycles. The van der Waals surface area contributed by atoms with E-state index in [1.165, 1.54) is 0 Å². The molecule has 0 bridgehead atoms. The second kappa shape index (κ2) is 12.2. The Hall–Kier alpha value is -3.42. The topological polar surface area (TPSA) is 83.1 Å². The van der Waals surface area contributed by atoms with Crippen molar-refractivity contribution in [3.63, 3.8) is 0 Å². The predicted molar refractivity (Wildman–Crippen MR) is 132 cm³/mol. The highest BCUT2D eigenvalue weighted by Gasteiger charge is 2.15. The minimum Gasteiger partial charge on any atom is -0.457 e. The number of ether oxygens (including phenoxy) is 4. The molecule has 0 saturated heterocycles. The minimum atomic E-state index is -0.542. The maximum absolute atomic E-state index is 12.6. The Morgan fingerprint density at radius 1 is 0.882 bits per heavy atom. The molecule has 1 amide bonds. The first-order valence-electron chi connectivity index (χ1n) is 11.3. The molecule has 34 heavy (non-hydrogen) atoms. The average molecular weight is 466 g/mol. The molecule has 3 aromatic rings. The summed E-state index contributed by atoms with van der Waals surface area (Å²) < 4.78 is 22.2. The van der Waals surface area contributed by atoms with Gasteiger partial charge in [0, 0.05) is 23.4 Å². The van der Waals surface area contributed by atoms with Crippen LogP contribution in [0.25, 0.3) is 21.5 Å². The number of hydrogen-bond acceptors (Lipinski definition) is 6. The number of carbonyl (C=O) groups is 2. The largest absolute Gasteiger partial charge is 0.457 e. The minimum absolute atomic E-state index is 0.207. The lowest BCUT2D eigenvalue weighted by molar-refractivity contribution is -0.146. The van der Waals surface area contributed by atoms with Gasteiger partial charge >= 0.3 is 12.1 Å².